The van der Waals surface area contributed by atoms with Crippen molar-refractivity contribution in [2.45, 2.75) is 33.4 Å². The van der Waals surface area contributed by atoms with Crippen LogP contribution < -0.4 is 5.32 Å². The van der Waals surface area contributed by atoms with Crippen molar-refractivity contribution in [2.75, 3.05) is 11.9 Å². The fourth-order valence-corrected chi connectivity index (χ4v) is 2.42. The van der Waals surface area contributed by atoms with Crippen molar-refractivity contribution in [3.63, 3.8) is 0 Å². The number of hydrogen-bond acceptors (Lipinski definition) is 3. The molecule has 4 nitrogen and oxygen atoms in total. The normalized spacial score (nSPS) is 11.8. The molecular formula is C18H23N3O. The maximum absolute atomic E-state index is 11.6. The van der Waals surface area contributed by atoms with E-state index >= 15 is 0 Å². The molecule has 22 heavy (non-hydrogen) atoms. The van der Waals surface area contributed by atoms with Gasteiger partial charge in [0.05, 0.1) is 0 Å². The number of nitrogens with one attached hydrogen (secondary N) is 1. The molecule has 0 bridgehead atoms. The van der Waals surface area contributed by atoms with Gasteiger partial charge in [0, 0.05) is 44.1 Å². The van der Waals surface area contributed by atoms with Crippen LogP contribution in [0.2, 0.25) is 0 Å². The van der Waals surface area contributed by atoms with E-state index in [1.807, 2.05) is 36.1 Å². The molecule has 0 spiro atoms. The van der Waals surface area contributed by atoms with Crippen molar-refractivity contribution >= 4 is 11.6 Å². The Kier molecular flexibility index (Phi) is 5.53. The first kappa shape index (κ1) is 16.0. The molecule has 116 valence electrons. The van der Waals surface area contributed by atoms with Gasteiger partial charge in [0.2, 0.25) is 5.91 Å². The molecule has 0 aliphatic heterocycles. The van der Waals surface area contributed by atoms with Crippen LogP contribution in [0, 0.1) is 0 Å². The van der Waals surface area contributed by atoms with Gasteiger partial charge in [-0.25, -0.2) is 0 Å². The molecule has 0 fully saturated rings. The summed E-state index contributed by atoms with van der Waals surface area (Å²) >= 11 is 0. The van der Waals surface area contributed by atoms with Crippen LogP contribution in [0.4, 0.5) is 5.69 Å². The summed E-state index contributed by atoms with van der Waals surface area (Å²) in [6, 6.07) is 12.3. The highest BCUT2D eigenvalue weighted by molar-refractivity contribution is 5.73. The molecule has 0 aliphatic carbocycles. The third-order valence-corrected chi connectivity index (χ3v) is 3.78. The van der Waals surface area contributed by atoms with Gasteiger partial charge in [-0.15, -0.1) is 0 Å². The molecular weight excluding hydrogens is 274 g/mol. The first-order valence-corrected chi connectivity index (χ1v) is 7.61. The lowest BCUT2D eigenvalue weighted by molar-refractivity contribution is -0.129. The molecule has 1 atom stereocenters. The Labute approximate surface area is 132 Å². The van der Waals surface area contributed by atoms with E-state index in [1.54, 1.807) is 19.3 Å². The first-order chi connectivity index (χ1) is 10.6. The van der Waals surface area contributed by atoms with Gasteiger partial charge >= 0.3 is 0 Å². The van der Waals surface area contributed by atoms with E-state index < -0.39 is 0 Å². The number of anilines is 1. The summed E-state index contributed by atoms with van der Waals surface area (Å²) in [4.78, 5) is 17.5. The molecule has 4 heteroatoms. The van der Waals surface area contributed by atoms with E-state index in [2.05, 4.69) is 29.4 Å². The molecule has 0 unspecified atom stereocenters. The Morgan fingerprint density at radius 1 is 1.23 bits per heavy atom. The Morgan fingerprint density at radius 2 is 1.91 bits per heavy atom. The smallest absolute Gasteiger partial charge is 0.219 e. The zero-order valence-corrected chi connectivity index (χ0v) is 13.4. The molecule has 2 aromatic rings. The fourth-order valence-electron chi connectivity index (χ4n) is 2.42. The number of hydrogen-bond donors (Lipinski definition) is 1. The summed E-state index contributed by atoms with van der Waals surface area (Å²) in [7, 11) is 0. The highest BCUT2D eigenvalue weighted by atomic mass is 16.2. The molecule has 1 amide bonds. The monoisotopic (exact) mass is 297 g/mol. The molecule has 1 heterocycles. The molecule has 2 rings (SSSR count). The van der Waals surface area contributed by atoms with Crippen LogP contribution >= 0.6 is 0 Å². The van der Waals surface area contributed by atoms with Crippen LogP contribution in [0.3, 0.4) is 0 Å². The summed E-state index contributed by atoms with van der Waals surface area (Å²) in [5, 5.41) is 3.53. The predicted octanol–water partition coefficient (Wildman–Crippen LogP) is 3.62. The number of aromatic nitrogens is 1. The van der Waals surface area contributed by atoms with E-state index in [1.165, 1.54) is 5.56 Å². The number of carbonyl (C=O) groups excluding carboxylic acids is 1. The summed E-state index contributed by atoms with van der Waals surface area (Å²) in [5.41, 5.74) is 3.37. The van der Waals surface area contributed by atoms with E-state index in [9.17, 15) is 4.79 Å². The standard InChI is InChI=1S/C18H23N3O/c1-4-21(15(3)22)13-17-7-5-6-8-18(17)20-14(2)16-9-11-19-12-10-16/h5-12,14,20H,4,13H2,1-3H3/t14-/m1/s1. The maximum Gasteiger partial charge on any atom is 0.219 e. The molecule has 1 N–H and O–H groups in total. The summed E-state index contributed by atoms with van der Waals surface area (Å²) in [6.07, 6.45) is 3.60. The highest BCUT2D eigenvalue weighted by Gasteiger charge is 2.12. The molecule has 1 aromatic carbocycles. The Balaban J connectivity index is 2.16. The summed E-state index contributed by atoms with van der Waals surface area (Å²) < 4.78 is 0. The van der Waals surface area contributed by atoms with Crippen LogP contribution in [-0.2, 0) is 11.3 Å². The second kappa shape index (κ2) is 7.59. The van der Waals surface area contributed by atoms with Crippen molar-refractivity contribution < 1.29 is 4.79 Å². The Hall–Kier alpha value is -2.36. The van der Waals surface area contributed by atoms with Crippen LogP contribution in [0.5, 0.6) is 0 Å². The zero-order valence-electron chi connectivity index (χ0n) is 13.4. The average molecular weight is 297 g/mol. The number of rotatable bonds is 6. The topological polar surface area (TPSA) is 45.2 Å². The van der Waals surface area contributed by atoms with Crippen LogP contribution in [0.15, 0.2) is 48.8 Å². The fraction of sp³-hybridized carbons (Fsp3) is 0.333. The molecule has 0 radical (unpaired) electrons. The maximum atomic E-state index is 11.6. The zero-order chi connectivity index (χ0) is 15.9. The van der Waals surface area contributed by atoms with E-state index in [4.69, 9.17) is 0 Å². The van der Waals surface area contributed by atoms with Gasteiger partial charge in [-0.05, 0) is 43.2 Å². The third kappa shape index (κ3) is 4.07. The van der Waals surface area contributed by atoms with E-state index in [0.29, 0.717) is 13.1 Å². The van der Waals surface area contributed by atoms with Crippen molar-refractivity contribution in [1.29, 1.82) is 0 Å². The van der Waals surface area contributed by atoms with Gasteiger partial charge in [-0.1, -0.05) is 18.2 Å². The largest absolute Gasteiger partial charge is 0.378 e. The second-order valence-corrected chi connectivity index (χ2v) is 5.34. The first-order valence-electron chi connectivity index (χ1n) is 7.61. The molecule has 0 saturated carbocycles. The minimum Gasteiger partial charge on any atom is -0.378 e. The average Bonchev–Trinajstić information content (AvgIpc) is 2.54. The number of carbonyl (C=O) groups is 1. The minimum absolute atomic E-state index is 0.0967. The lowest BCUT2D eigenvalue weighted by Gasteiger charge is -2.23. The number of amides is 1. The SMILES string of the molecule is CCN(Cc1ccccc1N[C@H](C)c1ccncc1)C(C)=O. The predicted molar refractivity (Wildman–Crippen MR) is 89.5 cm³/mol. The summed E-state index contributed by atoms with van der Waals surface area (Å²) in [6.45, 7) is 7.06. The van der Waals surface area contributed by atoms with Gasteiger partial charge in [0.15, 0.2) is 0 Å². The van der Waals surface area contributed by atoms with Gasteiger partial charge in [-0.2, -0.15) is 0 Å². The number of benzene rings is 1. The lowest BCUT2D eigenvalue weighted by Crippen LogP contribution is -2.28. The number of para-hydroxylation sites is 1. The molecule has 1 aromatic heterocycles. The van der Waals surface area contributed by atoms with Crippen LogP contribution in [0.25, 0.3) is 0 Å². The molecule has 0 saturated heterocycles. The van der Waals surface area contributed by atoms with Gasteiger partial charge < -0.3 is 10.2 Å². The quantitative estimate of drug-likeness (QED) is 0.885. The third-order valence-electron chi connectivity index (χ3n) is 3.78. The van der Waals surface area contributed by atoms with Crippen molar-refractivity contribution in [2.24, 2.45) is 0 Å². The highest BCUT2D eigenvalue weighted by Crippen LogP contribution is 2.23. The Morgan fingerprint density at radius 3 is 2.55 bits per heavy atom. The lowest BCUT2D eigenvalue weighted by atomic mass is 10.1. The minimum atomic E-state index is 0.0967. The van der Waals surface area contributed by atoms with Crippen LogP contribution in [0.1, 0.15) is 37.9 Å². The van der Waals surface area contributed by atoms with Crippen molar-refractivity contribution in [3.05, 3.63) is 59.9 Å². The van der Waals surface area contributed by atoms with E-state index in [-0.39, 0.29) is 11.9 Å². The van der Waals surface area contributed by atoms with Gasteiger partial charge in [-0.3, -0.25) is 9.78 Å². The van der Waals surface area contributed by atoms with Crippen LogP contribution in [-0.4, -0.2) is 22.3 Å². The second-order valence-electron chi connectivity index (χ2n) is 5.34. The van der Waals surface area contributed by atoms with Crippen molar-refractivity contribution in [3.8, 4) is 0 Å². The van der Waals surface area contributed by atoms with Crippen molar-refractivity contribution in [1.82, 2.24) is 9.88 Å². The van der Waals surface area contributed by atoms with Gasteiger partial charge in [0.1, 0.15) is 0 Å². The van der Waals surface area contributed by atoms with Gasteiger partial charge in [0.25, 0.3) is 0 Å². The molecule has 0 aliphatic rings. The van der Waals surface area contributed by atoms with E-state index in [0.717, 1.165) is 11.3 Å². The Bertz CT molecular complexity index is 613. The number of pyridine rings is 1. The summed E-state index contributed by atoms with van der Waals surface area (Å²) in [5.74, 6) is 0.0967. The number of nitrogens with zero attached hydrogens (tertiary/aromatic N) is 2.